The fourth-order valence-electron chi connectivity index (χ4n) is 1.68. The molecule has 1 aromatic rings. The summed E-state index contributed by atoms with van der Waals surface area (Å²) < 4.78 is 0. The largest absolute Gasteiger partial charge is 0.507 e. The van der Waals surface area contributed by atoms with E-state index in [0.717, 1.165) is 6.54 Å². The van der Waals surface area contributed by atoms with E-state index in [1.807, 2.05) is 0 Å². The van der Waals surface area contributed by atoms with Crippen LogP contribution in [0.2, 0.25) is 0 Å². The smallest absolute Gasteiger partial charge is 0.255 e. The number of nitrogens with one attached hydrogen (secondary N) is 2. The zero-order chi connectivity index (χ0) is 12.3. The molecule has 0 saturated heterocycles. The van der Waals surface area contributed by atoms with Crippen molar-refractivity contribution in [3.63, 3.8) is 0 Å². The molecule has 1 aliphatic carbocycles. The number of phenols is 1. The molecule has 1 aliphatic rings. The highest BCUT2D eigenvalue weighted by molar-refractivity contribution is 5.97. The first-order valence-corrected chi connectivity index (χ1v) is 5.98. The molecule has 0 atom stereocenters. The van der Waals surface area contributed by atoms with Crippen LogP contribution in [0.5, 0.6) is 5.75 Å². The quantitative estimate of drug-likeness (QED) is 0.670. The highest BCUT2D eigenvalue weighted by Crippen LogP contribution is 2.21. The summed E-state index contributed by atoms with van der Waals surface area (Å²) in [5.74, 6) is -0.149. The van der Waals surface area contributed by atoms with Crippen molar-refractivity contribution in [3.05, 3.63) is 29.3 Å². The van der Waals surface area contributed by atoms with Gasteiger partial charge in [0.15, 0.2) is 0 Å². The Morgan fingerprint density at radius 2 is 2.18 bits per heavy atom. The van der Waals surface area contributed by atoms with Crippen molar-refractivity contribution >= 4 is 5.91 Å². The van der Waals surface area contributed by atoms with Crippen molar-refractivity contribution in [3.8, 4) is 5.75 Å². The molecule has 0 radical (unpaired) electrons. The Labute approximate surface area is 101 Å². The molecule has 1 saturated carbocycles. The standard InChI is InChI=1S/C13H18N2O2/c1-9-3-2-4-11(12(9)16)13(17)15-8-7-14-10-5-6-10/h2-4,10,14,16H,5-8H2,1H3,(H,15,17). The third kappa shape index (κ3) is 3.20. The summed E-state index contributed by atoms with van der Waals surface area (Å²) in [6.07, 6.45) is 2.49. The summed E-state index contributed by atoms with van der Waals surface area (Å²) in [7, 11) is 0. The van der Waals surface area contributed by atoms with Crippen LogP contribution in [0.25, 0.3) is 0 Å². The molecule has 3 N–H and O–H groups in total. The first-order valence-electron chi connectivity index (χ1n) is 5.98. The van der Waals surface area contributed by atoms with Gasteiger partial charge in [0.25, 0.3) is 5.91 Å². The average Bonchev–Trinajstić information content (AvgIpc) is 3.12. The summed E-state index contributed by atoms with van der Waals surface area (Å²) >= 11 is 0. The fourth-order valence-corrected chi connectivity index (χ4v) is 1.68. The van der Waals surface area contributed by atoms with Crippen LogP contribution in [0.15, 0.2) is 18.2 Å². The number of benzene rings is 1. The van der Waals surface area contributed by atoms with Gasteiger partial charge in [0, 0.05) is 19.1 Å². The van der Waals surface area contributed by atoms with E-state index in [9.17, 15) is 9.90 Å². The van der Waals surface area contributed by atoms with E-state index in [2.05, 4.69) is 10.6 Å². The van der Waals surface area contributed by atoms with E-state index in [4.69, 9.17) is 0 Å². The van der Waals surface area contributed by atoms with Gasteiger partial charge in [0.05, 0.1) is 5.56 Å². The first kappa shape index (κ1) is 11.9. The molecule has 0 aliphatic heterocycles. The number of hydrogen-bond acceptors (Lipinski definition) is 3. The molecule has 2 rings (SSSR count). The zero-order valence-electron chi connectivity index (χ0n) is 9.99. The topological polar surface area (TPSA) is 61.4 Å². The predicted octanol–water partition coefficient (Wildman–Crippen LogP) is 1.18. The second-order valence-electron chi connectivity index (χ2n) is 4.46. The predicted molar refractivity (Wildman–Crippen MR) is 66.2 cm³/mol. The Morgan fingerprint density at radius 1 is 1.41 bits per heavy atom. The van der Waals surface area contributed by atoms with Gasteiger partial charge in [-0.25, -0.2) is 0 Å². The van der Waals surface area contributed by atoms with Gasteiger partial charge in [-0.05, 0) is 31.4 Å². The van der Waals surface area contributed by atoms with Gasteiger partial charge in [0.1, 0.15) is 5.75 Å². The third-order valence-electron chi connectivity index (χ3n) is 2.90. The van der Waals surface area contributed by atoms with Gasteiger partial charge in [-0.3, -0.25) is 4.79 Å². The third-order valence-corrected chi connectivity index (χ3v) is 2.90. The minimum Gasteiger partial charge on any atom is -0.507 e. The van der Waals surface area contributed by atoms with E-state index in [0.29, 0.717) is 23.7 Å². The lowest BCUT2D eigenvalue weighted by molar-refractivity contribution is 0.0951. The van der Waals surface area contributed by atoms with E-state index in [1.165, 1.54) is 12.8 Å². The van der Waals surface area contributed by atoms with Crippen LogP contribution in [0.3, 0.4) is 0 Å². The SMILES string of the molecule is Cc1cccc(C(=O)NCCNC2CC2)c1O. The van der Waals surface area contributed by atoms with E-state index >= 15 is 0 Å². The number of aromatic hydroxyl groups is 1. The van der Waals surface area contributed by atoms with Crippen LogP contribution in [0.4, 0.5) is 0 Å². The van der Waals surface area contributed by atoms with Crippen molar-refractivity contribution in [1.82, 2.24) is 10.6 Å². The fraction of sp³-hybridized carbons (Fsp3) is 0.462. The molecule has 0 heterocycles. The number of para-hydroxylation sites is 1. The number of hydrogen-bond donors (Lipinski definition) is 3. The highest BCUT2D eigenvalue weighted by atomic mass is 16.3. The van der Waals surface area contributed by atoms with Gasteiger partial charge < -0.3 is 15.7 Å². The number of rotatable bonds is 5. The Balaban J connectivity index is 1.83. The van der Waals surface area contributed by atoms with Crippen LogP contribution < -0.4 is 10.6 Å². The molecule has 0 bridgehead atoms. The molecule has 0 unspecified atom stereocenters. The molecular formula is C13H18N2O2. The maximum atomic E-state index is 11.8. The Bertz CT molecular complexity index is 414. The van der Waals surface area contributed by atoms with Crippen LogP contribution in [-0.2, 0) is 0 Å². The summed E-state index contributed by atoms with van der Waals surface area (Å²) in [4.78, 5) is 11.8. The van der Waals surface area contributed by atoms with Crippen LogP contribution in [0.1, 0.15) is 28.8 Å². The van der Waals surface area contributed by atoms with E-state index in [1.54, 1.807) is 25.1 Å². The monoisotopic (exact) mass is 234 g/mol. The molecule has 4 nitrogen and oxygen atoms in total. The molecule has 1 amide bonds. The average molecular weight is 234 g/mol. The van der Waals surface area contributed by atoms with Gasteiger partial charge >= 0.3 is 0 Å². The molecule has 1 fully saturated rings. The Morgan fingerprint density at radius 3 is 2.88 bits per heavy atom. The van der Waals surface area contributed by atoms with Crippen LogP contribution in [0, 0.1) is 6.92 Å². The number of phenolic OH excluding ortho intramolecular Hbond substituents is 1. The van der Waals surface area contributed by atoms with Gasteiger partial charge in [-0.15, -0.1) is 0 Å². The second-order valence-corrected chi connectivity index (χ2v) is 4.46. The summed E-state index contributed by atoms with van der Waals surface area (Å²) in [5.41, 5.74) is 1.06. The number of carbonyl (C=O) groups excluding carboxylic acids is 1. The molecular weight excluding hydrogens is 216 g/mol. The molecule has 17 heavy (non-hydrogen) atoms. The lowest BCUT2D eigenvalue weighted by Gasteiger charge is -2.08. The van der Waals surface area contributed by atoms with Crippen molar-refractivity contribution < 1.29 is 9.90 Å². The Hall–Kier alpha value is -1.55. The molecule has 4 heteroatoms. The molecule has 1 aromatic carbocycles. The Kier molecular flexibility index (Phi) is 3.64. The van der Waals surface area contributed by atoms with Crippen molar-refractivity contribution in [2.75, 3.05) is 13.1 Å². The van der Waals surface area contributed by atoms with E-state index < -0.39 is 0 Å². The van der Waals surface area contributed by atoms with Gasteiger partial charge in [0.2, 0.25) is 0 Å². The van der Waals surface area contributed by atoms with Crippen molar-refractivity contribution in [2.45, 2.75) is 25.8 Å². The minimum absolute atomic E-state index is 0.0696. The lowest BCUT2D eigenvalue weighted by atomic mass is 10.1. The number of carbonyl (C=O) groups is 1. The molecule has 92 valence electrons. The van der Waals surface area contributed by atoms with Crippen LogP contribution in [-0.4, -0.2) is 30.1 Å². The lowest BCUT2D eigenvalue weighted by Crippen LogP contribution is -2.32. The summed E-state index contributed by atoms with van der Waals surface area (Å²) in [6, 6.07) is 5.83. The van der Waals surface area contributed by atoms with Crippen LogP contribution >= 0.6 is 0 Å². The maximum Gasteiger partial charge on any atom is 0.255 e. The van der Waals surface area contributed by atoms with E-state index in [-0.39, 0.29) is 11.7 Å². The molecule has 0 spiro atoms. The normalized spacial score (nSPS) is 14.6. The maximum absolute atomic E-state index is 11.8. The highest BCUT2D eigenvalue weighted by Gasteiger charge is 2.19. The first-order chi connectivity index (χ1) is 8.18. The number of aryl methyl sites for hydroxylation is 1. The van der Waals surface area contributed by atoms with Gasteiger partial charge in [-0.1, -0.05) is 12.1 Å². The van der Waals surface area contributed by atoms with Crippen molar-refractivity contribution in [2.24, 2.45) is 0 Å². The second kappa shape index (κ2) is 5.19. The summed E-state index contributed by atoms with van der Waals surface area (Å²) in [6.45, 7) is 3.15. The summed E-state index contributed by atoms with van der Waals surface area (Å²) in [5, 5.41) is 15.8. The van der Waals surface area contributed by atoms with Crippen molar-refractivity contribution in [1.29, 1.82) is 0 Å². The minimum atomic E-state index is -0.219. The number of amides is 1. The van der Waals surface area contributed by atoms with Gasteiger partial charge in [-0.2, -0.15) is 0 Å². The zero-order valence-corrected chi connectivity index (χ0v) is 9.99. The molecule has 0 aromatic heterocycles.